The fourth-order valence-electron chi connectivity index (χ4n) is 1.83. The zero-order chi connectivity index (χ0) is 15.9. The Morgan fingerprint density at radius 3 is 2.91 bits per heavy atom. The van der Waals surface area contributed by atoms with Crippen molar-refractivity contribution in [3.8, 4) is 5.75 Å². The lowest BCUT2D eigenvalue weighted by Crippen LogP contribution is -2.22. The van der Waals surface area contributed by atoms with E-state index in [-0.39, 0.29) is 5.91 Å². The van der Waals surface area contributed by atoms with E-state index in [0.717, 1.165) is 5.56 Å². The minimum absolute atomic E-state index is 0.212. The van der Waals surface area contributed by atoms with Crippen LogP contribution in [0.25, 0.3) is 0 Å². The van der Waals surface area contributed by atoms with Gasteiger partial charge in [-0.3, -0.25) is 9.48 Å². The molecule has 0 radical (unpaired) electrons. The molecule has 0 unspecified atom stereocenters. The molecule has 0 spiro atoms. The van der Waals surface area contributed by atoms with E-state index < -0.39 is 12.6 Å². The van der Waals surface area contributed by atoms with Gasteiger partial charge in [0.1, 0.15) is 5.75 Å². The van der Waals surface area contributed by atoms with E-state index in [9.17, 15) is 9.59 Å². The molecule has 22 heavy (non-hydrogen) atoms. The minimum atomic E-state index is -1.04. The van der Waals surface area contributed by atoms with Gasteiger partial charge in [0.05, 0.1) is 11.8 Å². The van der Waals surface area contributed by atoms with Crippen LogP contribution in [-0.2, 0) is 17.9 Å². The van der Waals surface area contributed by atoms with Gasteiger partial charge in [-0.05, 0) is 24.6 Å². The smallest absolute Gasteiger partial charge is 0.341 e. The number of aliphatic carboxylic acids is 1. The highest BCUT2D eigenvalue weighted by atomic mass is 16.5. The van der Waals surface area contributed by atoms with Crippen molar-refractivity contribution in [2.45, 2.75) is 20.0 Å². The number of carbonyl (C=O) groups is 2. The fourth-order valence-corrected chi connectivity index (χ4v) is 1.83. The third-order valence-electron chi connectivity index (χ3n) is 2.93. The van der Waals surface area contributed by atoms with Crippen LogP contribution >= 0.6 is 0 Å². The zero-order valence-corrected chi connectivity index (χ0v) is 12.2. The molecule has 2 N–H and O–H groups in total. The number of carbonyl (C=O) groups excluding carboxylic acids is 1. The van der Waals surface area contributed by atoms with E-state index in [4.69, 9.17) is 9.84 Å². The first-order valence-electron chi connectivity index (χ1n) is 6.82. The molecule has 0 aliphatic rings. The Bertz CT molecular complexity index is 666. The van der Waals surface area contributed by atoms with E-state index >= 15 is 0 Å². The van der Waals surface area contributed by atoms with E-state index in [1.807, 2.05) is 13.0 Å². The molecule has 0 saturated heterocycles. The maximum Gasteiger partial charge on any atom is 0.341 e. The van der Waals surface area contributed by atoms with Crippen LogP contribution in [0, 0.1) is 0 Å². The van der Waals surface area contributed by atoms with E-state index in [2.05, 4.69) is 10.4 Å². The predicted octanol–water partition coefficient (Wildman–Crippen LogP) is 1.30. The van der Waals surface area contributed by atoms with Gasteiger partial charge in [-0.15, -0.1) is 0 Å². The number of amides is 1. The molecule has 1 aromatic heterocycles. The second kappa shape index (κ2) is 7.26. The van der Waals surface area contributed by atoms with Crippen LogP contribution in [-0.4, -0.2) is 33.4 Å². The second-order valence-electron chi connectivity index (χ2n) is 4.60. The number of benzene rings is 1. The maximum absolute atomic E-state index is 12.0. The molecule has 2 rings (SSSR count). The predicted molar refractivity (Wildman–Crippen MR) is 78.6 cm³/mol. The van der Waals surface area contributed by atoms with Gasteiger partial charge in [0.2, 0.25) is 0 Å². The van der Waals surface area contributed by atoms with Gasteiger partial charge in [0.15, 0.2) is 6.61 Å². The Hall–Kier alpha value is -2.83. The molecule has 7 nitrogen and oxygen atoms in total. The minimum Gasteiger partial charge on any atom is -0.482 e. The molecule has 0 fully saturated rings. The first-order valence-corrected chi connectivity index (χ1v) is 6.82. The summed E-state index contributed by atoms with van der Waals surface area (Å²) >= 11 is 0. The van der Waals surface area contributed by atoms with Crippen molar-refractivity contribution in [2.24, 2.45) is 0 Å². The molecular formula is C15H17N3O4. The highest BCUT2D eigenvalue weighted by Gasteiger charge is 2.08. The monoisotopic (exact) mass is 303 g/mol. The van der Waals surface area contributed by atoms with Gasteiger partial charge in [-0.2, -0.15) is 5.10 Å². The Balaban J connectivity index is 1.92. The quantitative estimate of drug-likeness (QED) is 0.804. The van der Waals surface area contributed by atoms with Crippen LogP contribution in [0.5, 0.6) is 5.75 Å². The average molecular weight is 303 g/mol. The van der Waals surface area contributed by atoms with Crippen molar-refractivity contribution in [2.75, 3.05) is 6.61 Å². The summed E-state index contributed by atoms with van der Waals surface area (Å²) in [5, 5.41) is 15.4. The molecule has 0 aliphatic carbocycles. The number of aryl methyl sites for hydroxylation is 1. The Labute approximate surface area is 127 Å². The van der Waals surface area contributed by atoms with Crippen molar-refractivity contribution >= 4 is 11.9 Å². The summed E-state index contributed by atoms with van der Waals surface area (Å²) in [5.74, 6) is -0.795. The standard InChI is InChI=1S/C15H17N3O4/c1-2-18-9-12(8-17-18)15(21)16-7-11-4-3-5-13(6-11)22-10-14(19)20/h3-6,8-9H,2,7,10H2,1H3,(H,16,21)(H,19,20). The van der Waals surface area contributed by atoms with Gasteiger partial charge < -0.3 is 15.2 Å². The largest absolute Gasteiger partial charge is 0.482 e. The number of hydrogen-bond acceptors (Lipinski definition) is 4. The molecule has 0 bridgehead atoms. The summed E-state index contributed by atoms with van der Waals surface area (Å²) in [6.07, 6.45) is 3.20. The van der Waals surface area contributed by atoms with E-state index in [1.54, 1.807) is 29.1 Å². The van der Waals surface area contributed by atoms with Crippen LogP contribution in [0.1, 0.15) is 22.8 Å². The summed E-state index contributed by atoms with van der Waals surface area (Å²) in [6, 6.07) is 6.93. The van der Waals surface area contributed by atoms with Crippen molar-refractivity contribution in [1.82, 2.24) is 15.1 Å². The highest BCUT2D eigenvalue weighted by molar-refractivity contribution is 5.93. The van der Waals surface area contributed by atoms with Gasteiger partial charge in [-0.25, -0.2) is 4.79 Å². The average Bonchev–Trinajstić information content (AvgIpc) is 3.00. The number of aromatic nitrogens is 2. The van der Waals surface area contributed by atoms with Crippen LogP contribution in [0.4, 0.5) is 0 Å². The molecule has 1 amide bonds. The van der Waals surface area contributed by atoms with Gasteiger partial charge in [0.25, 0.3) is 5.91 Å². The summed E-state index contributed by atoms with van der Waals surface area (Å²) in [6.45, 7) is 2.57. The molecule has 7 heteroatoms. The molecule has 0 aliphatic heterocycles. The normalized spacial score (nSPS) is 10.2. The summed E-state index contributed by atoms with van der Waals surface area (Å²) in [5.41, 5.74) is 1.32. The maximum atomic E-state index is 12.0. The van der Waals surface area contributed by atoms with Crippen molar-refractivity contribution < 1.29 is 19.4 Å². The Morgan fingerprint density at radius 2 is 2.23 bits per heavy atom. The van der Waals surface area contributed by atoms with Gasteiger partial charge >= 0.3 is 5.97 Å². The van der Waals surface area contributed by atoms with Gasteiger partial charge in [-0.1, -0.05) is 12.1 Å². The molecule has 116 valence electrons. The number of carboxylic acids is 1. The molecule has 0 saturated carbocycles. The van der Waals surface area contributed by atoms with E-state index in [1.165, 1.54) is 6.20 Å². The Kier molecular flexibility index (Phi) is 5.13. The first-order chi connectivity index (χ1) is 10.6. The first kappa shape index (κ1) is 15.6. The number of nitrogens with one attached hydrogen (secondary N) is 1. The molecular weight excluding hydrogens is 286 g/mol. The molecule has 0 atom stereocenters. The van der Waals surface area contributed by atoms with Crippen LogP contribution in [0.15, 0.2) is 36.7 Å². The number of rotatable bonds is 7. The number of ether oxygens (including phenoxy) is 1. The van der Waals surface area contributed by atoms with E-state index in [0.29, 0.717) is 24.4 Å². The second-order valence-corrected chi connectivity index (χ2v) is 4.60. The topological polar surface area (TPSA) is 93.5 Å². The summed E-state index contributed by atoms with van der Waals surface area (Å²) < 4.78 is 6.77. The molecule has 1 aromatic carbocycles. The van der Waals surface area contributed by atoms with Crippen molar-refractivity contribution in [3.05, 3.63) is 47.8 Å². The van der Waals surface area contributed by atoms with Crippen LogP contribution in [0.3, 0.4) is 0 Å². The SMILES string of the molecule is CCn1cc(C(=O)NCc2cccc(OCC(=O)O)c2)cn1. The number of hydrogen-bond donors (Lipinski definition) is 2. The Morgan fingerprint density at radius 1 is 1.41 bits per heavy atom. The molecule has 1 heterocycles. The van der Waals surface area contributed by atoms with Crippen molar-refractivity contribution in [3.63, 3.8) is 0 Å². The van der Waals surface area contributed by atoms with Crippen LogP contribution in [0.2, 0.25) is 0 Å². The summed E-state index contributed by atoms with van der Waals surface area (Å²) in [4.78, 5) is 22.4. The lowest BCUT2D eigenvalue weighted by Gasteiger charge is -2.07. The highest BCUT2D eigenvalue weighted by Crippen LogP contribution is 2.13. The van der Waals surface area contributed by atoms with Crippen molar-refractivity contribution in [1.29, 1.82) is 0 Å². The fraction of sp³-hybridized carbons (Fsp3) is 0.267. The number of nitrogens with zero attached hydrogens (tertiary/aromatic N) is 2. The van der Waals surface area contributed by atoms with Crippen LogP contribution < -0.4 is 10.1 Å². The summed E-state index contributed by atoms with van der Waals surface area (Å²) in [7, 11) is 0. The lowest BCUT2D eigenvalue weighted by molar-refractivity contribution is -0.139. The third kappa shape index (κ3) is 4.34. The number of carboxylic acid groups (broad SMARTS) is 1. The third-order valence-corrected chi connectivity index (χ3v) is 2.93. The lowest BCUT2D eigenvalue weighted by atomic mass is 10.2. The zero-order valence-electron chi connectivity index (χ0n) is 12.2. The molecule has 2 aromatic rings. The van der Waals surface area contributed by atoms with Gasteiger partial charge in [0, 0.05) is 19.3 Å².